The number of piperidine rings is 1. The van der Waals surface area contributed by atoms with Crippen LogP contribution in [0.5, 0.6) is 0 Å². The van der Waals surface area contributed by atoms with Gasteiger partial charge in [0.25, 0.3) is 0 Å². The molecule has 0 aromatic rings. The molecule has 1 unspecified atom stereocenters. The Labute approximate surface area is 151 Å². The lowest BCUT2D eigenvalue weighted by Crippen LogP contribution is -2.55. The summed E-state index contributed by atoms with van der Waals surface area (Å²) in [4.78, 5) is 14.1. The van der Waals surface area contributed by atoms with Crippen LogP contribution in [-0.4, -0.2) is 36.5 Å². The highest BCUT2D eigenvalue weighted by Gasteiger charge is 2.54. The molecule has 124 valence electrons. The Morgan fingerprint density at radius 2 is 1.91 bits per heavy atom. The van der Waals surface area contributed by atoms with E-state index in [9.17, 15) is 4.79 Å². The van der Waals surface area contributed by atoms with E-state index in [2.05, 4.69) is 20.8 Å². The van der Waals surface area contributed by atoms with Gasteiger partial charge in [0, 0.05) is 10.9 Å². The van der Waals surface area contributed by atoms with Crippen LogP contribution < -0.4 is 10.6 Å². The number of rotatable bonds is 2. The van der Waals surface area contributed by atoms with Crippen molar-refractivity contribution in [2.45, 2.75) is 18.9 Å². The number of amides is 1. The van der Waals surface area contributed by atoms with Gasteiger partial charge in [0.05, 0.1) is 11.4 Å². The Morgan fingerprint density at radius 1 is 1.22 bits per heavy atom. The summed E-state index contributed by atoms with van der Waals surface area (Å²) in [5.41, 5.74) is 0.663. The molecule has 3 heterocycles. The number of carbonyl (C=O) groups excluding carboxylic acids is 1. The fourth-order valence-electron chi connectivity index (χ4n) is 3.21. The minimum absolute atomic E-state index is 0. The molecule has 0 saturated carbocycles. The molecule has 23 heavy (non-hydrogen) atoms. The summed E-state index contributed by atoms with van der Waals surface area (Å²) in [6.07, 6.45) is 9.67. The van der Waals surface area contributed by atoms with Crippen LogP contribution in [0.2, 0.25) is 0 Å². The third-order valence-corrected chi connectivity index (χ3v) is 5.31. The van der Waals surface area contributed by atoms with E-state index in [0.717, 1.165) is 42.3 Å². The largest absolute Gasteiger partial charge is 0.352 e. The van der Waals surface area contributed by atoms with E-state index in [0.29, 0.717) is 0 Å². The summed E-state index contributed by atoms with van der Waals surface area (Å²) < 4.78 is 0. The number of hydrogen-bond acceptors (Lipinski definition) is 5. The zero-order chi connectivity index (χ0) is 14.3. The summed E-state index contributed by atoms with van der Waals surface area (Å²) in [6, 6.07) is 0.233. The van der Waals surface area contributed by atoms with Gasteiger partial charge in [-0.25, -0.2) is 0 Å². The molecule has 0 aromatic heterocycles. The van der Waals surface area contributed by atoms with Crippen LogP contribution in [0.3, 0.4) is 0 Å². The standard InChI is InChI=1S/C15H16N4OS.2ClH/c20-14(17-10-4-7-16-8-5-10)15-11-2-1-3-13(15)21-9-6-12(15)19-18-11;;/h1-3,6,9-10,16H,4-5,7-8H2,(H,17,20);2*1H. The van der Waals surface area contributed by atoms with Crippen LogP contribution in [0, 0.1) is 5.41 Å². The molecule has 4 rings (SSSR count). The number of allylic oxidation sites excluding steroid dienone is 4. The Bertz CT molecular complexity index is 650. The van der Waals surface area contributed by atoms with Gasteiger partial charge in [0.1, 0.15) is 0 Å². The molecule has 2 N–H and O–H groups in total. The molecule has 1 saturated heterocycles. The highest BCUT2D eigenvalue weighted by atomic mass is 35.5. The molecule has 0 aromatic carbocycles. The molecule has 3 aliphatic heterocycles. The van der Waals surface area contributed by atoms with E-state index in [1.807, 2.05) is 29.7 Å². The maximum Gasteiger partial charge on any atom is 0.243 e. The van der Waals surface area contributed by atoms with Crippen LogP contribution in [0.15, 0.2) is 44.8 Å². The van der Waals surface area contributed by atoms with Crippen molar-refractivity contribution in [2.75, 3.05) is 13.1 Å². The average molecular weight is 373 g/mol. The van der Waals surface area contributed by atoms with Gasteiger partial charge in [-0.2, -0.15) is 10.2 Å². The topological polar surface area (TPSA) is 65.8 Å². The van der Waals surface area contributed by atoms with E-state index in [-0.39, 0.29) is 36.8 Å². The van der Waals surface area contributed by atoms with Crippen molar-refractivity contribution in [3.8, 4) is 0 Å². The Hall–Kier alpha value is -1.08. The van der Waals surface area contributed by atoms with Crippen molar-refractivity contribution in [2.24, 2.45) is 15.6 Å². The zero-order valence-electron chi connectivity index (χ0n) is 12.3. The first-order valence-electron chi connectivity index (χ1n) is 7.22. The number of halogens is 2. The fourth-order valence-corrected chi connectivity index (χ4v) is 4.19. The molecule has 1 amide bonds. The zero-order valence-corrected chi connectivity index (χ0v) is 14.8. The summed E-state index contributed by atoms with van der Waals surface area (Å²) in [5, 5.41) is 17.0. The van der Waals surface area contributed by atoms with E-state index in [1.165, 1.54) is 0 Å². The number of nitrogens with one attached hydrogen (secondary N) is 2. The quantitative estimate of drug-likeness (QED) is 0.780. The molecule has 1 atom stereocenters. The van der Waals surface area contributed by atoms with E-state index >= 15 is 0 Å². The summed E-state index contributed by atoms with van der Waals surface area (Å²) in [7, 11) is 0. The van der Waals surface area contributed by atoms with Crippen LogP contribution in [-0.2, 0) is 4.79 Å². The molecule has 4 aliphatic rings. The van der Waals surface area contributed by atoms with Crippen LogP contribution in [0.1, 0.15) is 12.8 Å². The Balaban J connectivity index is 0.000000960. The first kappa shape index (κ1) is 18.3. The number of nitrogens with zero attached hydrogens (tertiary/aromatic N) is 2. The second-order valence-electron chi connectivity index (χ2n) is 5.53. The van der Waals surface area contributed by atoms with Gasteiger partial charge < -0.3 is 10.6 Å². The van der Waals surface area contributed by atoms with E-state index in [4.69, 9.17) is 0 Å². The second-order valence-corrected chi connectivity index (χ2v) is 6.48. The van der Waals surface area contributed by atoms with Crippen LogP contribution in [0.4, 0.5) is 0 Å². The predicted molar refractivity (Wildman–Crippen MR) is 99.8 cm³/mol. The molecule has 8 heteroatoms. The lowest BCUT2D eigenvalue weighted by atomic mass is 9.74. The van der Waals surface area contributed by atoms with Gasteiger partial charge in [-0.3, -0.25) is 4.79 Å². The van der Waals surface area contributed by atoms with Gasteiger partial charge in [-0.05, 0) is 43.5 Å². The summed E-state index contributed by atoms with van der Waals surface area (Å²) in [6.45, 7) is 1.91. The lowest BCUT2D eigenvalue weighted by molar-refractivity contribution is -0.124. The number of thioether (sulfide) groups is 1. The van der Waals surface area contributed by atoms with Crippen molar-refractivity contribution in [3.05, 3.63) is 34.6 Å². The van der Waals surface area contributed by atoms with Crippen molar-refractivity contribution in [1.82, 2.24) is 10.6 Å². The number of carbonyl (C=O) groups is 1. The smallest absolute Gasteiger partial charge is 0.243 e. The molecule has 1 aliphatic carbocycles. The molecule has 5 nitrogen and oxygen atoms in total. The normalized spacial score (nSPS) is 27.7. The fraction of sp³-hybridized carbons (Fsp3) is 0.400. The lowest BCUT2D eigenvalue weighted by Gasteiger charge is -2.36. The van der Waals surface area contributed by atoms with Crippen molar-refractivity contribution < 1.29 is 4.79 Å². The van der Waals surface area contributed by atoms with Crippen molar-refractivity contribution >= 4 is 53.9 Å². The Kier molecular flexibility index (Phi) is 5.73. The molecular formula is C15H18Cl2N4OS. The van der Waals surface area contributed by atoms with Crippen molar-refractivity contribution in [3.63, 3.8) is 0 Å². The van der Waals surface area contributed by atoms with Gasteiger partial charge in [0.15, 0.2) is 5.41 Å². The highest BCUT2D eigenvalue weighted by Crippen LogP contribution is 2.47. The molecule has 1 fully saturated rings. The average Bonchev–Trinajstić information content (AvgIpc) is 2.90. The molecule has 0 spiro atoms. The van der Waals surface area contributed by atoms with Crippen molar-refractivity contribution in [1.29, 1.82) is 0 Å². The first-order chi connectivity index (χ1) is 10.3. The summed E-state index contributed by atoms with van der Waals surface area (Å²) in [5.74, 6) is 0.0110. The van der Waals surface area contributed by atoms with Gasteiger partial charge in [-0.1, -0.05) is 12.2 Å². The second kappa shape index (κ2) is 7.21. The third kappa shape index (κ3) is 2.78. The van der Waals surface area contributed by atoms with Gasteiger partial charge >= 0.3 is 0 Å². The predicted octanol–water partition coefficient (Wildman–Crippen LogP) is 2.21. The van der Waals surface area contributed by atoms with E-state index < -0.39 is 5.41 Å². The molecule has 0 radical (unpaired) electrons. The number of hydrogen-bond donors (Lipinski definition) is 2. The minimum atomic E-state index is -0.807. The maximum absolute atomic E-state index is 13.1. The molecular weight excluding hydrogens is 355 g/mol. The minimum Gasteiger partial charge on any atom is -0.352 e. The highest BCUT2D eigenvalue weighted by molar-refractivity contribution is 8.06. The Morgan fingerprint density at radius 3 is 2.65 bits per heavy atom. The molecule has 0 bridgehead atoms. The SMILES string of the molecule is Cl.Cl.O=C(NC1CCNCC1)C12C3=CC=CC1=NN=C2C=CS3. The summed E-state index contributed by atoms with van der Waals surface area (Å²) >= 11 is 1.58. The van der Waals surface area contributed by atoms with Crippen LogP contribution in [0.25, 0.3) is 0 Å². The van der Waals surface area contributed by atoms with Gasteiger partial charge in [-0.15, -0.1) is 36.6 Å². The van der Waals surface area contributed by atoms with Crippen LogP contribution >= 0.6 is 36.6 Å². The van der Waals surface area contributed by atoms with Gasteiger partial charge in [0.2, 0.25) is 5.91 Å². The van der Waals surface area contributed by atoms with E-state index in [1.54, 1.807) is 11.8 Å². The monoisotopic (exact) mass is 372 g/mol. The third-order valence-electron chi connectivity index (χ3n) is 4.34. The first-order valence-corrected chi connectivity index (χ1v) is 8.10. The maximum atomic E-state index is 13.1.